The molecule has 101 valence electrons. The molecular formula is C20H16N. The molecule has 1 heteroatoms. The first-order valence-electron chi connectivity index (χ1n) is 7.36. The van der Waals surface area contributed by atoms with E-state index in [2.05, 4.69) is 72.2 Å². The van der Waals surface area contributed by atoms with Gasteiger partial charge in [-0.3, -0.25) is 0 Å². The predicted octanol–water partition coefficient (Wildman–Crippen LogP) is 5.28. The molecule has 0 unspecified atom stereocenters. The van der Waals surface area contributed by atoms with Gasteiger partial charge in [0.2, 0.25) is 0 Å². The third kappa shape index (κ3) is 1.85. The van der Waals surface area contributed by atoms with Crippen LogP contribution in [0.1, 0.15) is 6.92 Å². The summed E-state index contributed by atoms with van der Waals surface area (Å²) in [6, 6.07) is 26.6. The van der Waals surface area contributed by atoms with Crippen LogP contribution in [-0.2, 0) is 6.54 Å². The van der Waals surface area contributed by atoms with Crippen LogP contribution in [0.25, 0.3) is 32.9 Å². The zero-order valence-electron chi connectivity index (χ0n) is 12.0. The van der Waals surface area contributed by atoms with Crippen LogP contribution in [-0.4, -0.2) is 4.57 Å². The smallest absolute Gasteiger partial charge is 0.0497 e. The highest BCUT2D eigenvalue weighted by atomic mass is 15.0. The maximum atomic E-state index is 3.08. The second-order valence-corrected chi connectivity index (χ2v) is 5.28. The van der Waals surface area contributed by atoms with Gasteiger partial charge in [-0.05, 0) is 36.2 Å². The Morgan fingerprint density at radius 1 is 0.810 bits per heavy atom. The van der Waals surface area contributed by atoms with E-state index in [4.69, 9.17) is 0 Å². The van der Waals surface area contributed by atoms with Crippen LogP contribution in [0, 0.1) is 6.07 Å². The van der Waals surface area contributed by atoms with Crippen molar-refractivity contribution in [3.05, 3.63) is 72.8 Å². The summed E-state index contributed by atoms with van der Waals surface area (Å²) < 4.78 is 2.39. The van der Waals surface area contributed by atoms with Crippen LogP contribution < -0.4 is 0 Å². The zero-order chi connectivity index (χ0) is 14.2. The highest BCUT2D eigenvalue weighted by molar-refractivity contribution is 6.09. The predicted molar refractivity (Wildman–Crippen MR) is 89.4 cm³/mol. The standard InChI is InChI=1S/C20H16N/c1-2-21-19-11-7-6-10-17(19)18-13-12-16(14-20(18)21)15-8-4-3-5-9-15/h4-14H,2H2,1H3. The fourth-order valence-electron chi connectivity index (χ4n) is 3.15. The van der Waals surface area contributed by atoms with E-state index in [0.717, 1.165) is 6.54 Å². The summed E-state index contributed by atoms with van der Waals surface area (Å²) in [5, 5.41) is 2.67. The van der Waals surface area contributed by atoms with Crippen molar-refractivity contribution in [3.8, 4) is 11.1 Å². The average Bonchev–Trinajstić information content (AvgIpc) is 2.88. The Labute approximate surface area is 124 Å². The minimum absolute atomic E-state index is 0.982. The summed E-state index contributed by atoms with van der Waals surface area (Å²) in [5.74, 6) is 0. The monoisotopic (exact) mass is 270 g/mol. The maximum Gasteiger partial charge on any atom is 0.0497 e. The van der Waals surface area contributed by atoms with Crippen molar-refractivity contribution in [2.45, 2.75) is 13.5 Å². The van der Waals surface area contributed by atoms with Crippen LogP contribution in [0.2, 0.25) is 0 Å². The van der Waals surface area contributed by atoms with Crippen LogP contribution in [0.3, 0.4) is 0 Å². The van der Waals surface area contributed by atoms with E-state index in [0.29, 0.717) is 0 Å². The van der Waals surface area contributed by atoms with Crippen LogP contribution in [0.5, 0.6) is 0 Å². The van der Waals surface area contributed by atoms with E-state index in [-0.39, 0.29) is 0 Å². The molecule has 21 heavy (non-hydrogen) atoms. The quantitative estimate of drug-likeness (QED) is 0.467. The molecule has 1 radical (unpaired) electrons. The number of nitrogens with zero attached hydrogens (tertiary/aromatic N) is 1. The van der Waals surface area contributed by atoms with Gasteiger partial charge in [-0.2, -0.15) is 0 Å². The Kier molecular flexibility index (Phi) is 2.78. The van der Waals surface area contributed by atoms with E-state index in [1.165, 1.54) is 32.9 Å². The summed E-state index contributed by atoms with van der Waals surface area (Å²) >= 11 is 0. The lowest BCUT2D eigenvalue weighted by atomic mass is 10.0. The first-order chi connectivity index (χ1) is 10.4. The van der Waals surface area contributed by atoms with E-state index in [1.807, 2.05) is 12.1 Å². The number of benzene rings is 3. The highest BCUT2D eigenvalue weighted by Gasteiger charge is 2.09. The van der Waals surface area contributed by atoms with Crippen molar-refractivity contribution < 1.29 is 0 Å². The molecule has 0 aliphatic rings. The lowest BCUT2D eigenvalue weighted by Gasteiger charge is -2.05. The summed E-state index contributed by atoms with van der Waals surface area (Å²) in [7, 11) is 0. The second kappa shape index (κ2) is 4.78. The first kappa shape index (κ1) is 12.2. The normalized spacial score (nSPS) is 11.3. The Bertz CT molecular complexity index is 917. The molecule has 0 spiro atoms. The van der Waals surface area contributed by atoms with Crippen molar-refractivity contribution in [2.24, 2.45) is 0 Å². The Balaban J connectivity index is 2.06. The Morgan fingerprint density at radius 3 is 2.38 bits per heavy atom. The van der Waals surface area contributed by atoms with Crippen LogP contribution in [0.4, 0.5) is 0 Å². The fraction of sp³-hybridized carbons (Fsp3) is 0.100. The summed E-state index contributed by atoms with van der Waals surface area (Å²) in [6.45, 7) is 3.19. The number of fused-ring (bicyclic) bond motifs is 3. The molecule has 1 nitrogen and oxygen atoms in total. The number of hydrogen-bond acceptors (Lipinski definition) is 0. The van der Waals surface area contributed by atoms with Gasteiger partial charge in [0, 0.05) is 28.4 Å². The van der Waals surface area contributed by atoms with Crippen molar-refractivity contribution in [1.82, 2.24) is 4.57 Å². The van der Waals surface area contributed by atoms with Crippen molar-refractivity contribution in [3.63, 3.8) is 0 Å². The summed E-state index contributed by atoms with van der Waals surface area (Å²) in [6.07, 6.45) is 0. The van der Waals surface area contributed by atoms with Crippen molar-refractivity contribution >= 4 is 21.8 Å². The van der Waals surface area contributed by atoms with E-state index in [9.17, 15) is 0 Å². The SMILES string of the molecule is CCn1c2ccccc2c2ccc(-c3cc[c]cc3)cc21. The molecule has 0 atom stereocenters. The van der Waals surface area contributed by atoms with Crippen LogP contribution in [0.15, 0.2) is 66.7 Å². The van der Waals surface area contributed by atoms with Gasteiger partial charge in [-0.1, -0.05) is 54.6 Å². The third-order valence-corrected chi connectivity index (χ3v) is 4.14. The molecule has 3 aromatic carbocycles. The number of aryl methyl sites for hydroxylation is 1. The van der Waals surface area contributed by atoms with Gasteiger partial charge in [-0.25, -0.2) is 0 Å². The van der Waals surface area contributed by atoms with E-state index < -0.39 is 0 Å². The molecule has 0 aliphatic heterocycles. The lowest BCUT2D eigenvalue weighted by Crippen LogP contribution is -1.92. The molecule has 0 saturated heterocycles. The van der Waals surface area contributed by atoms with Gasteiger partial charge < -0.3 is 4.57 Å². The van der Waals surface area contributed by atoms with Crippen molar-refractivity contribution in [1.29, 1.82) is 0 Å². The van der Waals surface area contributed by atoms with Gasteiger partial charge in [0.1, 0.15) is 0 Å². The number of para-hydroxylation sites is 1. The number of hydrogen-bond donors (Lipinski definition) is 0. The molecule has 0 N–H and O–H groups in total. The topological polar surface area (TPSA) is 4.93 Å². The molecule has 4 rings (SSSR count). The molecule has 4 aromatic rings. The third-order valence-electron chi connectivity index (χ3n) is 4.14. The van der Waals surface area contributed by atoms with Gasteiger partial charge >= 0.3 is 0 Å². The van der Waals surface area contributed by atoms with E-state index >= 15 is 0 Å². The van der Waals surface area contributed by atoms with E-state index in [1.54, 1.807) is 0 Å². The van der Waals surface area contributed by atoms with Gasteiger partial charge in [-0.15, -0.1) is 0 Å². The number of rotatable bonds is 2. The molecular weight excluding hydrogens is 254 g/mol. The van der Waals surface area contributed by atoms with Gasteiger partial charge in [0.25, 0.3) is 0 Å². The van der Waals surface area contributed by atoms with Gasteiger partial charge in [0.15, 0.2) is 0 Å². The highest BCUT2D eigenvalue weighted by Crippen LogP contribution is 2.32. The summed E-state index contributed by atoms with van der Waals surface area (Å²) in [4.78, 5) is 0. The van der Waals surface area contributed by atoms with Gasteiger partial charge in [0.05, 0.1) is 0 Å². The molecule has 0 saturated carbocycles. The van der Waals surface area contributed by atoms with Crippen molar-refractivity contribution in [2.75, 3.05) is 0 Å². The lowest BCUT2D eigenvalue weighted by molar-refractivity contribution is 0.827. The zero-order valence-corrected chi connectivity index (χ0v) is 12.0. The average molecular weight is 270 g/mol. The molecule has 0 fully saturated rings. The summed E-state index contributed by atoms with van der Waals surface area (Å²) in [5.41, 5.74) is 5.12. The fourth-order valence-corrected chi connectivity index (χ4v) is 3.15. The maximum absolute atomic E-state index is 3.08. The minimum atomic E-state index is 0.982. The Morgan fingerprint density at radius 2 is 1.57 bits per heavy atom. The molecule has 1 heterocycles. The minimum Gasteiger partial charge on any atom is -0.341 e. The largest absolute Gasteiger partial charge is 0.341 e. The Hall–Kier alpha value is -2.54. The molecule has 0 amide bonds. The molecule has 0 bridgehead atoms. The molecule has 1 aromatic heterocycles. The van der Waals surface area contributed by atoms with Crippen LogP contribution >= 0.6 is 0 Å². The molecule has 0 aliphatic carbocycles. The first-order valence-corrected chi connectivity index (χ1v) is 7.36. The number of aromatic nitrogens is 1. The second-order valence-electron chi connectivity index (χ2n) is 5.28.